The maximum Gasteiger partial charge on any atom is 0.259 e. The van der Waals surface area contributed by atoms with Crippen LogP contribution in [0.5, 0.6) is 17.2 Å². The number of imide groups is 1. The first-order valence-corrected chi connectivity index (χ1v) is 23.3. The Morgan fingerprint density at radius 1 is 0.841 bits per heavy atom. The van der Waals surface area contributed by atoms with Gasteiger partial charge in [-0.15, -0.1) is 0 Å². The van der Waals surface area contributed by atoms with Crippen molar-refractivity contribution in [2.24, 2.45) is 5.92 Å². The standard InChI is InChI=1S/C52H58N4O7/c1-61-44-28-42-48(41-30-56(50(60)47(41)44)43-15-16-45(58)53-49(43)59)62-32-51(42)19-23-54(24-20-51)29-33-17-18-52(63-31-33)21-25-55(26-22-52)37-10-7-35(8-11-37)46-39(34-5-3-2-4-6-34)13-9-36-27-38(57)12-14-40(36)46/h2-8,10-12,14,27-28,33,39,43,46,57H,9,13,15-26,29-32H2,1H3,(H,53,58,59)/t33-,39+,43-,46-/m0/s1. The van der Waals surface area contributed by atoms with E-state index < -0.39 is 11.9 Å². The number of carbonyl (C=O) groups is 3. The van der Waals surface area contributed by atoms with Crippen LogP contribution >= 0.6 is 0 Å². The molecule has 0 radical (unpaired) electrons. The van der Waals surface area contributed by atoms with Gasteiger partial charge in [-0.05, 0) is 135 Å². The maximum atomic E-state index is 13.7. The van der Waals surface area contributed by atoms with Crippen molar-refractivity contribution < 1.29 is 33.7 Å². The zero-order chi connectivity index (χ0) is 42.9. The van der Waals surface area contributed by atoms with Crippen LogP contribution in [0.4, 0.5) is 5.69 Å². The van der Waals surface area contributed by atoms with Crippen molar-refractivity contribution in [1.82, 2.24) is 15.1 Å². The lowest BCUT2D eigenvalue weighted by Crippen LogP contribution is -2.52. The normalized spacial score (nSPS) is 26.3. The Kier molecular flexibility index (Phi) is 10.3. The highest BCUT2D eigenvalue weighted by Gasteiger charge is 2.50. The number of amides is 3. The zero-order valence-corrected chi connectivity index (χ0v) is 36.3. The molecular weight excluding hydrogens is 793 g/mol. The average molecular weight is 851 g/mol. The molecule has 11 nitrogen and oxygen atoms in total. The molecule has 0 saturated carbocycles. The Hall–Kier alpha value is -5.39. The molecule has 4 aromatic carbocycles. The van der Waals surface area contributed by atoms with E-state index in [1.165, 1.54) is 34.4 Å². The molecule has 4 aromatic rings. The molecule has 4 atom stereocenters. The molecule has 11 rings (SSSR count). The molecule has 0 aromatic heterocycles. The monoisotopic (exact) mass is 850 g/mol. The second-order valence-electron chi connectivity index (χ2n) is 19.5. The van der Waals surface area contributed by atoms with Crippen LogP contribution < -0.4 is 19.7 Å². The summed E-state index contributed by atoms with van der Waals surface area (Å²) in [6.07, 6.45) is 8.89. The molecule has 4 fully saturated rings. The lowest BCUT2D eigenvalue weighted by molar-refractivity contribution is -0.136. The molecule has 0 unspecified atom stereocenters. The Balaban J connectivity index is 0.690. The Morgan fingerprint density at radius 2 is 1.63 bits per heavy atom. The molecular formula is C52H58N4O7. The third kappa shape index (κ3) is 7.15. The van der Waals surface area contributed by atoms with Crippen LogP contribution in [0.15, 0.2) is 78.9 Å². The van der Waals surface area contributed by atoms with E-state index in [2.05, 4.69) is 75.8 Å². The van der Waals surface area contributed by atoms with Gasteiger partial charge < -0.3 is 34.0 Å². The van der Waals surface area contributed by atoms with Crippen LogP contribution in [0.2, 0.25) is 0 Å². The number of carbonyl (C=O) groups excluding carboxylic acids is 3. The lowest BCUT2D eigenvalue weighted by atomic mass is 9.69. The molecule has 11 heteroatoms. The van der Waals surface area contributed by atoms with Crippen LogP contribution in [-0.2, 0) is 32.7 Å². The predicted octanol–water partition coefficient (Wildman–Crippen LogP) is 7.22. The van der Waals surface area contributed by atoms with Gasteiger partial charge in [-0.25, -0.2) is 0 Å². The smallest absolute Gasteiger partial charge is 0.259 e. The number of fused-ring (bicyclic) bond motifs is 5. The van der Waals surface area contributed by atoms with Crippen molar-refractivity contribution in [3.8, 4) is 17.2 Å². The zero-order valence-electron chi connectivity index (χ0n) is 36.3. The van der Waals surface area contributed by atoms with E-state index in [0.29, 0.717) is 41.9 Å². The number of benzene rings is 4. The van der Waals surface area contributed by atoms with Gasteiger partial charge >= 0.3 is 0 Å². The first-order chi connectivity index (χ1) is 30.7. The van der Waals surface area contributed by atoms with Gasteiger partial charge in [0.15, 0.2) is 0 Å². The van der Waals surface area contributed by atoms with Crippen LogP contribution in [0.25, 0.3) is 0 Å². The highest BCUT2D eigenvalue weighted by molar-refractivity contribution is 6.07. The van der Waals surface area contributed by atoms with E-state index in [0.717, 1.165) is 101 Å². The molecule has 3 amide bonds. The highest BCUT2D eigenvalue weighted by Crippen LogP contribution is 2.53. The van der Waals surface area contributed by atoms with Crippen LogP contribution in [-0.4, -0.2) is 97.3 Å². The maximum absolute atomic E-state index is 13.7. The molecule has 328 valence electrons. The van der Waals surface area contributed by atoms with E-state index in [-0.39, 0.29) is 41.7 Å². The minimum atomic E-state index is -0.685. The SMILES string of the molecule is COc1cc2c(c3c1C(=O)N([C@H]1CCC(=O)NC1=O)C3)OCC21CCN(C[C@@H]2CCC3(CCN(c4ccc([C@@H]5c6ccc(O)cc6CC[C@@H]5c5ccccc5)cc4)CC3)OC2)CC1. The van der Waals surface area contributed by atoms with Gasteiger partial charge in [-0.2, -0.15) is 0 Å². The van der Waals surface area contributed by atoms with Gasteiger partial charge in [0.05, 0.1) is 38.0 Å². The number of likely N-dealkylation sites (tertiary alicyclic amines) is 1. The van der Waals surface area contributed by atoms with Gasteiger partial charge in [0, 0.05) is 54.2 Å². The number of phenolic OH excluding ortho intramolecular Hbond substituents is 1. The Bertz CT molecular complexity index is 2410. The fourth-order valence-corrected chi connectivity index (χ4v) is 12.4. The van der Waals surface area contributed by atoms with Crippen LogP contribution in [0.1, 0.15) is 113 Å². The lowest BCUT2D eigenvalue weighted by Gasteiger charge is -2.47. The number of hydrogen-bond donors (Lipinski definition) is 2. The average Bonchev–Trinajstić information content (AvgIpc) is 3.84. The molecule has 1 aliphatic carbocycles. The first-order valence-electron chi connectivity index (χ1n) is 23.3. The number of nitrogens with one attached hydrogen (secondary N) is 1. The van der Waals surface area contributed by atoms with E-state index in [1.807, 2.05) is 18.2 Å². The van der Waals surface area contributed by atoms with Crippen molar-refractivity contribution >= 4 is 23.4 Å². The van der Waals surface area contributed by atoms with Crippen molar-refractivity contribution in [2.75, 3.05) is 57.9 Å². The topological polar surface area (TPSA) is 121 Å². The second-order valence-corrected chi connectivity index (χ2v) is 19.5. The molecule has 7 aliphatic rings. The highest BCUT2D eigenvalue weighted by atomic mass is 16.5. The van der Waals surface area contributed by atoms with E-state index >= 15 is 0 Å². The number of hydrogen-bond acceptors (Lipinski definition) is 9. The summed E-state index contributed by atoms with van der Waals surface area (Å²) in [6, 6.07) is 27.5. The number of aryl methyl sites for hydroxylation is 1. The number of piperidine rings is 3. The number of ether oxygens (including phenoxy) is 3. The number of aromatic hydroxyl groups is 1. The number of anilines is 1. The van der Waals surface area contributed by atoms with Gasteiger partial charge in [-0.1, -0.05) is 48.5 Å². The Labute approximate surface area is 369 Å². The summed E-state index contributed by atoms with van der Waals surface area (Å²) in [4.78, 5) is 45.0. The number of phenols is 1. The minimum Gasteiger partial charge on any atom is -0.508 e. The molecule has 6 aliphatic heterocycles. The molecule has 6 heterocycles. The fourth-order valence-electron chi connectivity index (χ4n) is 12.4. The molecule has 4 saturated heterocycles. The third-order valence-corrected chi connectivity index (χ3v) is 16.1. The largest absolute Gasteiger partial charge is 0.508 e. The van der Waals surface area contributed by atoms with E-state index in [4.69, 9.17) is 14.2 Å². The molecule has 63 heavy (non-hydrogen) atoms. The predicted molar refractivity (Wildman–Crippen MR) is 239 cm³/mol. The van der Waals surface area contributed by atoms with Crippen molar-refractivity contribution in [1.29, 1.82) is 0 Å². The first kappa shape index (κ1) is 40.4. The van der Waals surface area contributed by atoms with Crippen LogP contribution in [0.3, 0.4) is 0 Å². The third-order valence-electron chi connectivity index (χ3n) is 16.1. The van der Waals surface area contributed by atoms with Gasteiger partial charge in [0.2, 0.25) is 11.8 Å². The summed E-state index contributed by atoms with van der Waals surface area (Å²) < 4.78 is 19.1. The summed E-state index contributed by atoms with van der Waals surface area (Å²) in [6.45, 7) is 6.65. The van der Waals surface area contributed by atoms with Crippen LogP contribution in [0, 0.1) is 5.92 Å². The summed E-state index contributed by atoms with van der Waals surface area (Å²) in [5, 5.41) is 12.7. The molecule has 2 spiro atoms. The number of rotatable bonds is 7. The molecule has 2 N–H and O–H groups in total. The summed E-state index contributed by atoms with van der Waals surface area (Å²) >= 11 is 0. The second kappa shape index (κ2) is 16.0. The van der Waals surface area contributed by atoms with E-state index in [9.17, 15) is 19.5 Å². The number of nitrogens with zero attached hydrogens (tertiary/aromatic N) is 3. The van der Waals surface area contributed by atoms with Gasteiger partial charge in [0.25, 0.3) is 5.91 Å². The van der Waals surface area contributed by atoms with Crippen molar-refractivity contribution in [3.05, 3.63) is 118 Å². The Morgan fingerprint density at radius 3 is 2.37 bits per heavy atom. The number of methoxy groups -OCH3 is 1. The van der Waals surface area contributed by atoms with Crippen molar-refractivity contribution in [2.45, 2.75) is 99.6 Å². The summed E-state index contributed by atoms with van der Waals surface area (Å²) in [7, 11) is 1.60. The van der Waals surface area contributed by atoms with Crippen molar-refractivity contribution in [3.63, 3.8) is 0 Å². The van der Waals surface area contributed by atoms with Gasteiger partial charge in [-0.3, -0.25) is 19.7 Å². The van der Waals surface area contributed by atoms with Gasteiger partial charge in [0.1, 0.15) is 23.3 Å². The fraction of sp³-hybridized carbons (Fsp3) is 0.481. The minimum absolute atomic E-state index is 0.0292. The molecule has 0 bridgehead atoms. The summed E-state index contributed by atoms with van der Waals surface area (Å²) in [5.74, 6) is 1.86. The summed E-state index contributed by atoms with van der Waals surface area (Å²) in [5.41, 5.74) is 8.82. The quantitative estimate of drug-likeness (QED) is 0.186. The van der Waals surface area contributed by atoms with E-state index in [1.54, 1.807) is 12.0 Å².